The van der Waals surface area contributed by atoms with Crippen molar-refractivity contribution < 1.29 is 9.53 Å². The number of hydrogen-bond donors (Lipinski definition) is 2. The first-order chi connectivity index (χ1) is 11.6. The first-order valence-corrected chi connectivity index (χ1v) is 8.62. The quantitative estimate of drug-likeness (QED) is 0.766. The minimum absolute atomic E-state index is 0.295. The highest BCUT2D eigenvalue weighted by molar-refractivity contribution is 5.83. The number of amides is 1. The SMILES string of the molecule is COC(=O)NCCCn1cc(C(C)NC2CC2)c2nccc(C)c21. The van der Waals surface area contributed by atoms with Gasteiger partial charge in [0.1, 0.15) is 0 Å². The number of nitrogens with one attached hydrogen (secondary N) is 2. The number of fused-ring (bicyclic) bond motifs is 1. The largest absolute Gasteiger partial charge is 0.453 e. The van der Waals surface area contributed by atoms with Gasteiger partial charge < -0.3 is 19.9 Å². The zero-order valence-electron chi connectivity index (χ0n) is 14.6. The second-order valence-electron chi connectivity index (χ2n) is 6.54. The third kappa shape index (κ3) is 3.70. The van der Waals surface area contributed by atoms with Crippen LogP contribution in [-0.4, -0.2) is 35.3 Å². The summed E-state index contributed by atoms with van der Waals surface area (Å²) in [4.78, 5) is 15.8. The molecular formula is C18H26N4O2. The van der Waals surface area contributed by atoms with Crippen LogP contribution < -0.4 is 10.6 Å². The molecule has 130 valence electrons. The molecule has 0 saturated heterocycles. The molecule has 6 nitrogen and oxygen atoms in total. The summed E-state index contributed by atoms with van der Waals surface area (Å²) in [5.74, 6) is 0. The van der Waals surface area contributed by atoms with Crippen LogP contribution in [0.25, 0.3) is 11.0 Å². The number of alkyl carbamates (subject to hydrolysis) is 1. The maximum atomic E-state index is 11.1. The molecular weight excluding hydrogens is 304 g/mol. The summed E-state index contributed by atoms with van der Waals surface area (Å²) in [7, 11) is 1.38. The maximum Gasteiger partial charge on any atom is 0.406 e. The topological polar surface area (TPSA) is 68.2 Å². The zero-order chi connectivity index (χ0) is 17.1. The highest BCUT2D eigenvalue weighted by atomic mass is 16.5. The van der Waals surface area contributed by atoms with E-state index in [0.717, 1.165) is 18.5 Å². The normalized spacial score (nSPS) is 15.5. The van der Waals surface area contributed by atoms with E-state index in [1.807, 2.05) is 12.3 Å². The van der Waals surface area contributed by atoms with Gasteiger partial charge in [-0.25, -0.2) is 4.79 Å². The van der Waals surface area contributed by atoms with E-state index in [2.05, 4.69) is 45.0 Å². The van der Waals surface area contributed by atoms with E-state index in [-0.39, 0.29) is 6.09 Å². The Morgan fingerprint density at radius 1 is 1.50 bits per heavy atom. The third-order valence-corrected chi connectivity index (χ3v) is 4.54. The van der Waals surface area contributed by atoms with Gasteiger partial charge in [0.2, 0.25) is 0 Å². The molecule has 2 N–H and O–H groups in total. The second kappa shape index (κ2) is 7.21. The Morgan fingerprint density at radius 3 is 3.00 bits per heavy atom. The third-order valence-electron chi connectivity index (χ3n) is 4.54. The first-order valence-electron chi connectivity index (χ1n) is 8.62. The van der Waals surface area contributed by atoms with Crippen LogP contribution in [-0.2, 0) is 11.3 Å². The molecule has 1 atom stereocenters. The fraction of sp³-hybridized carbons (Fsp3) is 0.556. The minimum Gasteiger partial charge on any atom is -0.453 e. The molecule has 3 rings (SSSR count). The van der Waals surface area contributed by atoms with Crippen molar-refractivity contribution in [3.05, 3.63) is 29.6 Å². The van der Waals surface area contributed by atoms with Gasteiger partial charge in [-0.3, -0.25) is 4.98 Å². The number of rotatable bonds is 7. The Hall–Kier alpha value is -2.08. The van der Waals surface area contributed by atoms with Crippen LogP contribution in [0.2, 0.25) is 0 Å². The molecule has 24 heavy (non-hydrogen) atoms. The molecule has 1 fully saturated rings. The van der Waals surface area contributed by atoms with E-state index < -0.39 is 0 Å². The second-order valence-corrected chi connectivity index (χ2v) is 6.54. The minimum atomic E-state index is -0.381. The lowest BCUT2D eigenvalue weighted by molar-refractivity contribution is 0.171. The zero-order valence-corrected chi connectivity index (χ0v) is 14.6. The van der Waals surface area contributed by atoms with Crippen LogP contribution in [0.1, 0.15) is 43.4 Å². The predicted octanol–water partition coefficient (Wildman–Crippen LogP) is 2.90. The molecule has 1 amide bonds. The lowest BCUT2D eigenvalue weighted by Crippen LogP contribution is -2.24. The number of hydrogen-bond acceptors (Lipinski definition) is 4. The lowest BCUT2D eigenvalue weighted by Gasteiger charge is -2.11. The fourth-order valence-electron chi connectivity index (χ4n) is 3.12. The van der Waals surface area contributed by atoms with E-state index in [1.54, 1.807) is 0 Å². The summed E-state index contributed by atoms with van der Waals surface area (Å²) in [6.07, 6.45) is 7.10. The standard InChI is InChI=1S/C18H26N4O2/c1-12-7-9-19-16-15(13(2)21-14-5-6-14)11-22(17(12)16)10-4-8-20-18(23)24-3/h7,9,11,13-14,21H,4-6,8,10H2,1-3H3,(H,20,23). The molecule has 6 heteroatoms. The number of methoxy groups -OCH3 is 1. The van der Waals surface area contributed by atoms with E-state index >= 15 is 0 Å². The highest BCUT2D eigenvalue weighted by Gasteiger charge is 2.25. The summed E-state index contributed by atoms with van der Waals surface area (Å²) in [5.41, 5.74) is 4.75. The summed E-state index contributed by atoms with van der Waals surface area (Å²) in [5, 5.41) is 6.38. The van der Waals surface area contributed by atoms with Crippen molar-refractivity contribution in [1.82, 2.24) is 20.2 Å². The van der Waals surface area contributed by atoms with E-state index in [4.69, 9.17) is 0 Å². The smallest absolute Gasteiger partial charge is 0.406 e. The van der Waals surface area contributed by atoms with Crippen LogP contribution in [0.15, 0.2) is 18.5 Å². The summed E-state index contributed by atoms with van der Waals surface area (Å²) in [6, 6.07) is 3.00. The molecule has 0 aliphatic heterocycles. The van der Waals surface area contributed by atoms with Gasteiger partial charge in [-0.1, -0.05) is 0 Å². The van der Waals surface area contributed by atoms with Crippen molar-refractivity contribution in [2.45, 2.75) is 51.7 Å². The predicted molar refractivity (Wildman–Crippen MR) is 94.1 cm³/mol. The Morgan fingerprint density at radius 2 is 2.29 bits per heavy atom. The van der Waals surface area contributed by atoms with Gasteiger partial charge in [0.05, 0.1) is 18.1 Å². The van der Waals surface area contributed by atoms with E-state index in [9.17, 15) is 4.79 Å². The fourth-order valence-corrected chi connectivity index (χ4v) is 3.12. The summed E-state index contributed by atoms with van der Waals surface area (Å²) in [6.45, 7) is 5.76. The average molecular weight is 330 g/mol. The number of carbonyl (C=O) groups is 1. The molecule has 2 aromatic rings. The van der Waals surface area contributed by atoms with Gasteiger partial charge >= 0.3 is 6.09 Å². The van der Waals surface area contributed by atoms with Gasteiger partial charge in [-0.05, 0) is 44.7 Å². The van der Waals surface area contributed by atoms with Gasteiger partial charge in [-0.15, -0.1) is 0 Å². The number of nitrogens with zero attached hydrogens (tertiary/aromatic N) is 2. The molecule has 2 heterocycles. The number of carbonyl (C=O) groups excluding carboxylic acids is 1. The van der Waals surface area contributed by atoms with Crippen molar-refractivity contribution in [3.63, 3.8) is 0 Å². The van der Waals surface area contributed by atoms with Crippen molar-refractivity contribution in [3.8, 4) is 0 Å². The van der Waals surface area contributed by atoms with Crippen LogP contribution in [0.5, 0.6) is 0 Å². The van der Waals surface area contributed by atoms with Crippen LogP contribution >= 0.6 is 0 Å². The average Bonchev–Trinajstić information content (AvgIpc) is 3.30. The van der Waals surface area contributed by atoms with Gasteiger partial charge in [-0.2, -0.15) is 0 Å². The van der Waals surface area contributed by atoms with Crippen LogP contribution in [0, 0.1) is 6.92 Å². The molecule has 1 saturated carbocycles. The number of aromatic nitrogens is 2. The number of aryl methyl sites for hydroxylation is 2. The molecule has 0 aromatic carbocycles. The Bertz CT molecular complexity index is 721. The summed E-state index contributed by atoms with van der Waals surface area (Å²) >= 11 is 0. The maximum absolute atomic E-state index is 11.1. The van der Waals surface area contributed by atoms with E-state index in [1.165, 1.54) is 36.6 Å². The Labute approximate surface area is 142 Å². The van der Waals surface area contributed by atoms with Crippen LogP contribution in [0.4, 0.5) is 4.79 Å². The summed E-state index contributed by atoms with van der Waals surface area (Å²) < 4.78 is 6.86. The van der Waals surface area contributed by atoms with Crippen molar-refractivity contribution in [2.24, 2.45) is 0 Å². The molecule has 0 bridgehead atoms. The van der Waals surface area contributed by atoms with Gasteiger partial charge in [0, 0.05) is 43.1 Å². The first kappa shape index (κ1) is 16.8. The van der Waals surface area contributed by atoms with Crippen molar-refractivity contribution in [2.75, 3.05) is 13.7 Å². The molecule has 2 aromatic heterocycles. The Kier molecular flexibility index (Phi) is 5.04. The molecule has 0 spiro atoms. The Balaban J connectivity index is 1.77. The number of pyridine rings is 1. The molecule has 1 aliphatic carbocycles. The van der Waals surface area contributed by atoms with Crippen LogP contribution in [0.3, 0.4) is 0 Å². The molecule has 1 unspecified atom stereocenters. The van der Waals surface area contributed by atoms with Gasteiger partial charge in [0.25, 0.3) is 0 Å². The van der Waals surface area contributed by atoms with Crippen molar-refractivity contribution in [1.29, 1.82) is 0 Å². The number of ether oxygens (including phenoxy) is 1. The van der Waals surface area contributed by atoms with Gasteiger partial charge in [0.15, 0.2) is 0 Å². The molecule has 1 aliphatic rings. The highest BCUT2D eigenvalue weighted by Crippen LogP contribution is 2.30. The monoisotopic (exact) mass is 330 g/mol. The lowest BCUT2D eigenvalue weighted by atomic mass is 10.1. The van der Waals surface area contributed by atoms with E-state index in [0.29, 0.717) is 18.6 Å². The van der Waals surface area contributed by atoms with Crippen molar-refractivity contribution >= 4 is 17.1 Å². The molecule has 0 radical (unpaired) electrons.